The first-order valence-corrected chi connectivity index (χ1v) is 5.85. The molecule has 0 saturated heterocycles. The Kier molecular flexibility index (Phi) is 2.85. The van der Waals surface area contributed by atoms with E-state index < -0.39 is 5.60 Å². The van der Waals surface area contributed by atoms with Gasteiger partial charge in [-0.25, -0.2) is 9.78 Å². The Morgan fingerprint density at radius 1 is 1.53 bits per heavy atom. The summed E-state index contributed by atoms with van der Waals surface area (Å²) in [5.74, 6) is 0. The Labute approximate surface area is 101 Å². The summed E-state index contributed by atoms with van der Waals surface area (Å²) in [5.41, 5.74) is 0.600. The maximum absolute atomic E-state index is 12.0. The summed E-state index contributed by atoms with van der Waals surface area (Å²) in [7, 11) is 0. The molecule has 0 bridgehead atoms. The van der Waals surface area contributed by atoms with Crippen LogP contribution >= 0.6 is 0 Å². The van der Waals surface area contributed by atoms with Gasteiger partial charge in [-0.3, -0.25) is 4.90 Å². The van der Waals surface area contributed by atoms with Crippen LogP contribution in [0.5, 0.6) is 0 Å². The van der Waals surface area contributed by atoms with Crippen molar-refractivity contribution in [3.63, 3.8) is 0 Å². The van der Waals surface area contributed by atoms with Crippen molar-refractivity contribution in [2.75, 3.05) is 0 Å². The third kappa shape index (κ3) is 2.60. The molecule has 0 aromatic carbocycles. The van der Waals surface area contributed by atoms with Crippen molar-refractivity contribution in [2.24, 2.45) is 0 Å². The van der Waals surface area contributed by atoms with Crippen molar-refractivity contribution in [3.05, 3.63) is 18.2 Å². The molecular formula is C12H19N3O2. The number of nitrogens with zero attached hydrogens (tertiary/aromatic N) is 3. The van der Waals surface area contributed by atoms with Crippen LogP contribution in [0.1, 0.15) is 33.4 Å². The number of ether oxygens (including phenoxy) is 1. The van der Waals surface area contributed by atoms with Gasteiger partial charge in [0.25, 0.3) is 0 Å². The number of imidazole rings is 1. The summed E-state index contributed by atoms with van der Waals surface area (Å²) in [6.07, 6.45) is 3.35. The number of amides is 1. The molecule has 94 valence electrons. The predicted octanol–water partition coefficient (Wildman–Crippen LogP) is 2.02. The maximum atomic E-state index is 12.0. The van der Waals surface area contributed by atoms with Gasteiger partial charge in [-0.1, -0.05) is 0 Å². The molecule has 5 heteroatoms. The highest BCUT2D eigenvalue weighted by Crippen LogP contribution is 2.20. The minimum Gasteiger partial charge on any atom is -0.444 e. The first-order chi connectivity index (χ1) is 7.87. The molecule has 2 heterocycles. The van der Waals surface area contributed by atoms with E-state index in [4.69, 9.17) is 4.74 Å². The molecule has 0 spiro atoms. The second-order valence-electron chi connectivity index (χ2n) is 5.49. The van der Waals surface area contributed by atoms with Crippen molar-refractivity contribution in [3.8, 4) is 0 Å². The van der Waals surface area contributed by atoms with Gasteiger partial charge in [0.15, 0.2) is 0 Å². The van der Waals surface area contributed by atoms with Crippen molar-refractivity contribution < 1.29 is 9.53 Å². The zero-order chi connectivity index (χ0) is 12.6. The van der Waals surface area contributed by atoms with Gasteiger partial charge in [-0.15, -0.1) is 0 Å². The van der Waals surface area contributed by atoms with Gasteiger partial charge < -0.3 is 9.30 Å². The Morgan fingerprint density at radius 3 is 2.88 bits per heavy atom. The second kappa shape index (κ2) is 4.05. The van der Waals surface area contributed by atoms with Crippen LogP contribution < -0.4 is 0 Å². The molecule has 17 heavy (non-hydrogen) atoms. The van der Waals surface area contributed by atoms with Gasteiger partial charge in [0.05, 0.1) is 24.6 Å². The van der Waals surface area contributed by atoms with Gasteiger partial charge in [-0.05, 0) is 27.7 Å². The molecule has 1 aliphatic rings. The van der Waals surface area contributed by atoms with Crippen molar-refractivity contribution in [1.82, 2.24) is 14.5 Å². The molecule has 1 aromatic heterocycles. The van der Waals surface area contributed by atoms with E-state index in [9.17, 15) is 4.79 Å². The van der Waals surface area contributed by atoms with Crippen LogP contribution in [0.3, 0.4) is 0 Å². The number of aromatic nitrogens is 2. The molecular weight excluding hydrogens is 218 g/mol. The number of hydrogen-bond acceptors (Lipinski definition) is 3. The average Bonchev–Trinajstić information content (AvgIpc) is 2.60. The fourth-order valence-electron chi connectivity index (χ4n) is 1.92. The maximum Gasteiger partial charge on any atom is 0.410 e. The molecule has 0 unspecified atom stereocenters. The molecule has 0 saturated carbocycles. The fraction of sp³-hybridized carbons (Fsp3) is 0.667. The number of carbonyl (C=O) groups excluding carboxylic acids is 1. The van der Waals surface area contributed by atoms with E-state index >= 15 is 0 Å². The van der Waals surface area contributed by atoms with Crippen LogP contribution in [0, 0.1) is 0 Å². The smallest absolute Gasteiger partial charge is 0.410 e. The van der Waals surface area contributed by atoms with E-state index in [-0.39, 0.29) is 12.1 Å². The Morgan fingerprint density at radius 2 is 2.24 bits per heavy atom. The highest BCUT2D eigenvalue weighted by molar-refractivity contribution is 5.68. The lowest BCUT2D eigenvalue weighted by atomic mass is 10.2. The molecule has 1 aromatic rings. The molecule has 5 nitrogen and oxygen atoms in total. The lowest BCUT2D eigenvalue weighted by Gasteiger charge is -2.35. The largest absolute Gasteiger partial charge is 0.444 e. The van der Waals surface area contributed by atoms with Gasteiger partial charge in [-0.2, -0.15) is 0 Å². The van der Waals surface area contributed by atoms with E-state index in [1.165, 1.54) is 0 Å². The predicted molar refractivity (Wildman–Crippen MR) is 63.5 cm³/mol. The number of hydrogen-bond donors (Lipinski definition) is 0. The lowest BCUT2D eigenvalue weighted by molar-refractivity contribution is 0.00985. The summed E-state index contributed by atoms with van der Waals surface area (Å²) in [5, 5.41) is 0. The van der Waals surface area contributed by atoms with Crippen LogP contribution in [0.25, 0.3) is 0 Å². The van der Waals surface area contributed by atoms with Crippen LogP contribution in [0.4, 0.5) is 4.79 Å². The highest BCUT2D eigenvalue weighted by atomic mass is 16.6. The normalized spacial score (nSPS) is 20.0. The lowest BCUT2D eigenvalue weighted by Crippen LogP contribution is -2.46. The Hall–Kier alpha value is -1.52. The fourth-order valence-corrected chi connectivity index (χ4v) is 1.92. The monoisotopic (exact) mass is 237 g/mol. The molecule has 0 N–H and O–H groups in total. The molecule has 1 atom stereocenters. The highest BCUT2D eigenvalue weighted by Gasteiger charge is 2.30. The second-order valence-corrected chi connectivity index (χ2v) is 5.49. The van der Waals surface area contributed by atoms with Crippen LogP contribution in [-0.4, -0.2) is 32.2 Å². The molecule has 0 fully saturated rings. The SMILES string of the molecule is C[C@H]1Cn2cncc2CN1C(=O)OC(C)(C)C. The molecule has 0 aliphatic carbocycles. The van der Waals surface area contributed by atoms with E-state index in [1.54, 1.807) is 17.4 Å². The third-order valence-electron chi connectivity index (χ3n) is 2.75. The molecule has 2 rings (SSSR count). The van der Waals surface area contributed by atoms with Crippen LogP contribution in [-0.2, 0) is 17.8 Å². The van der Waals surface area contributed by atoms with Crippen molar-refractivity contribution in [1.29, 1.82) is 0 Å². The topological polar surface area (TPSA) is 47.4 Å². The van der Waals surface area contributed by atoms with Gasteiger partial charge >= 0.3 is 6.09 Å². The quantitative estimate of drug-likeness (QED) is 0.693. The summed E-state index contributed by atoms with van der Waals surface area (Å²) >= 11 is 0. The van der Waals surface area contributed by atoms with Gasteiger partial charge in [0.2, 0.25) is 0 Å². The average molecular weight is 237 g/mol. The molecule has 1 amide bonds. The minimum absolute atomic E-state index is 0.131. The van der Waals surface area contributed by atoms with Crippen LogP contribution in [0.2, 0.25) is 0 Å². The zero-order valence-corrected chi connectivity index (χ0v) is 10.8. The summed E-state index contributed by atoms with van der Waals surface area (Å²) < 4.78 is 7.47. The molecule has 0 radical (unpaired) electrons. The third-order valence-corrected chi connectivity index (χ3v) is 2.75. The molecule has 1 aliphatic heterocycles. The van der Waals surface area contributed by atoms with Crippen LogP contribution in [0.15, 0.2) is 12.5 Å². The summed E-state index contributed by atoms with van der Waals surface area (Å²) in [4.78, 5) is 17.9. The first-order valence-electron chi connectivity index (χ1n) is 5.85. The van der Waals surface area contributed by atoms with E-state index in [1.807, 2.05) is 27.7 Å². The number of rotatable bonds is 0. The van der Waals surface area contributed by atoms with Crippen molar-refractivity contribution in [2.45, 2.75) is 52.4 Å². The van der Waals surface area contributed by atoms with Gasteiger partial charge in [0.1, 0.15) is 5.60 Å². The van der Waals surface area contributed by atoms with E-state index in [0.717, 1.165) is 12.2 Å². The number of carbonyl (C=O) groups is 1. The van der Waals surface area contributed by atoms with Gasteiger partial charge in [0, 0.05) is 12.7 Å². The van der Waals surface area contributed by atoms with E-state index in [2.05, 4.69) is 9.55 Å². The van der Waals surface area contributed by atoms with E-state index in [0.29, 0.717) is 6.54 Å². The zero-order valence-electron chi connectivity index (χ0n) is 10.8. The summed E-state index contributed by atoms with van der Waals surface area (Å²) in [6, 6.07) is 0.131. The Bertz CT molecular complexity index is 420. The first kappa shape index (κ1) is 12.0. The summed E-state index contributed by atoms with van der Waals surface area (Å²) in [6.45, 7) is 8.99. The number of fused-ring (bicyclic) bond motifs is 1. The van der Waals surface area contributed by atoms with Crippen molar-refractivity contribution >= 4 is 6.09 Å². The Balaban J connectivity index is 2.10. The standard InChI is InChI=1S/C12H19N3O2/c1-9-6-14-8-13-5-10(14)7-15(9)11(16)17-12(2,3)4/h5,8-9H,6-7H2,1-4H3/t9-/m0/s1. The minimum atomic E-state index is -0.450.